The van der Waals surface area contributed by atoms with Crippen LogP contribution in [0.5, 0.6) is 0 Å². The molecule has 0 radical (unpaired) electrons. The van der Waals surface area contributed by atoms with Crippen LogP contribution in [0, 0.1) is 50.4 Å². The number of hydrogen-bond donors (Lipinski definition) is 1. The van der Waals surface area contributed by atoms with E-state index in [1.54, 1.807) is 79.4 Å². The molecule has 2 heterocycles. The largest absolute Gasteiger partial charge is 0.365 e. The van der Waals surface area contributed by atoms with Gasteiger partial charge in [0.25, 0.3) is 5.91 Å². The van der Waals surface area contributed by atoms with E-state index in [9.17, 15) is 19.5 Å². The molecule has 0 bridgehead atoms. The Morgan fingerprint density at radius 3 is 1.38 bits per heavy atom. The van der Waals surface area contributed by atoms with Gasteiger partial charge < -0.3 is 5.11 Å². The Balaban J connectivity index is 0.000000182. The van der Waals surface area contributed by atoms with Crippen molar-refractivity contribution in [1.82, 2.24) is 0 Å². The standard InChI is InChI=1S/C26H25N3O2.C19H17N3O2.C7H7Br/c1-18-8-12-23(13-9-18)29-24(30)28(22-14-10-20(17-27)11-15-22)25(3,4)26(29,31)21-7-5-6-19(2)16-21;1-13-4-8-15(9-5-13)21-17(23)19(2,3)22(18(21)24)16-10-6-14(12-20)7-11-16;1-6-3-2-4-7(8)5-6/h5-16,31H,1-4H3;4-11H,1-3H3;2-5H,1H3. The lowest BCUT2D eigenvalue weighted by Crippen LogP contribution is -2.56. The number of anilines is 4. The molecule has 2 fully saturated rings. The molecule has 2 saturated heterocycles. The average Bonchev–Trinajstić information content (AvgIpc) is 3.54. The van der Waals surface area contributed by atoms with Gasteiger partial charge in [0.1, 0.15) is 5.54 Å². The van der Waals surface area contributed by atoms with Gasteiger partial charge >= 0.3 is 12.1 Å². The molecule has 10 nitrogen and oxygen atoms in total. The van der Waals surface area contributed by atoms with Crippen molar-refractivity contribution in [3.8, 4) is 12.1 Å². The summed E-state index contributed by atoms with van der Waals surface area (Å²) < 4.78 is 1.15. The number of carbonyl (C=O) groups is 3. The first-order chi connectivity index (χ1) is 29.8. The number of aliphatic hydroxyl groups is 1. The van der Waals surface area contributed by atoms with Crippen LogP contribution in [0.25, 0.3) is 0 Å². The fraction of sp³-hybridized carbons (Fsp3) is 0.212. The number of benzene rings is 6. The van der Waals surface area contributed by atoms with E-state index in [0.29, 0.717) is 39.4 Å². The summed E-state index contributed by atoms with van der Waals surface area (Å²) >= 11 is 3.36. The van der Waals surface area contributed by atoms with Crippen LogP contribution in [0.1, 0.15) is 66.6 Å². The van der Waals surface area contributed by atoms with Gasteiger partial charge in [-0.25, -0.2) is 14.5 Å². The minimum Gasteiger partial charge on any atom is -0.365 e. The number of imide groups is 1. The maximum Gasteiger partial charge on any atom is 0.336 e. The lowest BCUT2D eigenvalue weighted by atomic mass is 9.83. The molecule has 0 aromatic heterocycles. The summed E-state index contributed by atoms with van der Waals surface area (Å²) in [4.78, 5) is 45.4. The van der Waals surface area contributed by atoms with Crippen LogP contribution in [0.15, 0.2) is 150 Å². The summed E-state index contributed by atoms with van der Waals surface area (Å²) in [5, 5.41) is 30.4. The van der Waals surface area contributed by atoms with Crippen molar-refractivity contribution in [2.75, 3.05) is 19.6 Å². The Kier molecular flexibility index (Phi) is 13.1. The summed E-state index contributed by atoms with van der Waals surface area (Å²) in [5.41, 5.74) is 4.80. The first kappa shape index (κ1) is 45.5. The number of rotatable bonds is 5. The van der Waals surface area contributed by atoms with E-state index in [2.05, 4.69) is 41.1 Å². The molecule has 6 aromatic rings. The smallest absolute Gasteiger partial charge is 0.336 e. The highest BCUT2D eigenvalue weighted by Gasteiger charge is 2.64. The van der Waals surface area contributed by atoms with E-state index >= 15 is 0 Å². The van der Waals surface area contributed by atoms with E-state index < -0.39 is 22.8 Å². The summed E-state index contributed by atoms with van der Waals surface area (Å²) in [6.45, 7) is 15.1. The second kappa shape index (κ2) is 18.1. The summed E-state index contributed by atoms with van der Waals surface area (Å²) in [7, 11) is 0. The molecule has 0 saturated carbocycles. The van der Waals surface area contributed by atoms with Crippen molar-refractivity contribution in [2.45, 2.75) is 72.2 Å². The lowest BCUT2D eigenvalue weighted by molar-refractivity contribution is -0.120. The molecular weight excluding hydrogens is 853 g/mol. The molecule has 8 rings (SSSR count). The van der Waals surface area contributed by atoms with Gasteiger partial charge in [-0.15, -0.1) is 0 Å². The van der Waals surface area contributed by atoms with E-state index in [4.69, 9.17) is 10.5 Å². The number of nitriles is 2. The average molecular weight is 902 g/mol. The Hall–Kier alpha value is -7.05. The molecule has 11 heteroatoms. The van der Waals surface area contributed by atoms with E-state index in [1.807, 2.05) is 113 Å². The van der Waals surface area contributed by atoms with E-state index in [0.717, 1.165) is 21.2 Å². The Labute approximate surface area is 378 Å². The van der Waals surface area contributed by atoms with Gasteiger partial charge in [0.05, 0.1) is 34.5 Å². The summed E-state index contributed by atoms with van der Waals surface area (Å²) in [6, 6.07) is 47.6. The highest BCUT2D eigenvalue weighted by molar-refractivity contribution is 9.10. The van der Waals surface area contributed by atoms with Crippen LogP contribution >= 0.6 is 15.9 Å². The third-order valence-electron chi connectivity index (χ3n) is 11.3. The first-order valence-corrected chi connectivity index (χ1v) is 21.1. The van der Waals surface area contributed by atoms with Crippen LogP contribution < -0.4 is 19.6 Å². The monoisotopic (exact) mass is 900 g/mol. The number of amides is 5. The molecule has 318 valence electrons. The van der Waals surface area contributed by atoms with Gasteiger partial charge in [0, 0.05) is 27.1 Å². The molecule has 6 aromatic carbocycles. The Bertz CT molecular complexity index is 2720. The molecule has 2 aliphatic heterocycles. The molecule has 63 heavy (non-hydrogen) atoms. The summed E-state index contributed by atoms with van der Waals surface area (Å²) in [6.07, 6.45) is 0. The minimum absolute atomic E-state index is 0.277. The fourth-order valence-corrected chi connectivity index (χ4v) is 8.31. The lowest BCUT2D eigenvalue weighted by Gasteiger charge is -2.42. The van der Waals surface area contributed by atoms with Gasteiger partial charge in [-0.2, -0.15) is 10.5 Å². The van der Waals surface area contributed by atoms with E-state index in [1.165, 1.54) is 20.3 Å². The quantitative estimate of drug-likeness (QED) is 0.171. The van der Waals surface area contributed by atoms with Crippen molar-refractivity contribution in [3.05, 3.63) is 189 Å². The normalized spacial score (nSPS) is 17.3. The highest BCUT2D eigenvalue weighted by Crippen LogP contribution is 2.50. The second-order valence-electron chi connectivity index (χ2n) is 16.7. The number of carbonyl (C=O) groups excluding carboxylic acids is 3. The van der Waals surface area contributed by atoms with Crippen LogP contribution in [0.2, 0.25) is 0 Å². The van der Waals surface area contributed by atoms with Gasteiger partial charge in [-0.1, -0.05) is 98.8 Å². The van der Waals surface area contributed by atoms with Crippen LogP contribution in [0.4, 0.5) is 32.3 Å². The zero-order chi connectivity index (χ0) is 45.9. The predicted molar refractivity (Wildman–Crippen MR) is 252 cm³/mol. The SMILES string of the molecule is Cc1ccc(N2C(=O)N(c3ccc(C#N)cc3)C(C)(C)C2(O)c2cccc(C)c2)cc1.Cc1ccc(N2C(=O)N(c3ccc(C#N)cc3)C(C)(C)C2=O)cc1.Cc1cccc(Br)c1. The molecule has 1 N–H and O–H groups in total. The highest BCUT2D eigenvalue weighted by atomic mass is 79.9. The van der Waals surface area contributed by atoms with Gasteiger partial charge in [0.2, 0.25) is 0 Å². The number of aryl methyl sites for hydroxylation is 4. The number of hydrogen-bond acceptors (Lipinski definition) is 6. The van der Waals surface area contributed by atoms with Crippen LogP contribution in [0.3, 0.4) is 0 Å². The van der Waals surface area contributed by atoms with Gasteiger partial charge in [-0.05, 0) is 140 Å². The molecule has 1 atom stereocenters. The Morgan fingerprint density at radius 2 is 0.937 bits per heavy atom. The molecule has 0 spiro atoms. The fourth-order valence-electron chi connectivity index (χ4n) is 7.80. The molecule has 0 aliphatic carbocycles. The third kappa shape index (κ3) is 8.85. The van der Waals surface area contributed by atoms with Crippen molar-refractivity contribution in [1.29, 1.82) is 10.5 Å². The van der Waals surface area contributed by atoms with Crippen molar-refractivity contribution >= 4 is 56.6 Å². The maximum atomic E-state index is 13.9. The zero-order valence-electron chi connectivity index (χ0n) is 36.6. The van der Waals surface area contributed by atoms with Crippen molar-refractivity contribution < 1.29 is 19.5 Å². The van der Waals surface area contributed by atoms with Gasteiger partial charge in [-0.3, -0.25) is 19.5 Å². The maximum absolute atomic E-state index is 13.9. The minimum atomic E-state index is -1.63. The van der Waals surface area contributed by atoms with Crippen molar-refractivity contribution in [3.63, 3.8) is 0 Å². The molecular formula is C52H49BrN6O4. The topological polar surface area (TPSA) is 132 Å². The zero-order valence-corrected chi connectivity index (χ0v) is 38.2. The Morgan fingerprint density at radius 1 is 0.508 bits per heavy atom. The number of urea groups is 2. The molecule has 5 amide bonds. The van der Waals surface area contributed by atoms with Crippen LogP contribution in [-0.4, -0.2) is 34.2 Å². The molecule has 2 aliphatic rings. The number of nitrogens with zero attached hydrogens (tertiary/aromatic N) is 6. The van der Waals surface area contributed by atoms with E-state index in [-0.39, 0.29) is 11.9 Å². The summed E-state index contributed by atoms with van der Waals surface area (Å²) in [5.74, 6) is -0.277. The van der Waals surface area contributed by atoms with Gasteiger partial charge in [0.15, 0.2) is 5.72 Å². The third-order valence-corrected chi connectivity index (χ3v) is 11.8. The number of halogens is 1. The van der Waals surface area contributed by atoms with Crippen LogP contribution in [-0.2, 0) is 10.5 Å². The second-order valence-corrected chi connectivity index (χ2v) is 17.6. The predicted octanol–water partition coefficient (Wildman–Crippen LogP) is 11.6. The van der Waals surface area contributed by atoms with Crippen molar-refractivity contribution in [2.24, 2.45) is 0 Å². The molecule has 1 unspecified atom stereocenters. The first-order valence-electron chi connectivity index (χ1n) is 20.3.